The van der Waals surface area contributed by atoms with E-state index < -0.39 is 16.9 Å². The van der Waals surface area contributed by atoms with Gasteiger partial charge in [0.25, 0.3) is 5.91 Å². The van der Waals surface area contributed by atoms with Gasteiger partial charge in [-0.2, -0.15) is 0 Å². The third kappa shape index (κ3) is 4.93. The van der Waals surface area contributed by atoms with Crippen LogP contribution in [0.15, 0.2) is 35.4 Å². The van der Waals surface area contributed by atoms with E-state index in [1.165, 1.54) is 31.6 Å². The second kappa shape index (κ2) is 8.45. The van der Waals surface area contributed by atoms with E-state index in [1.54, 1.807) is 6.92 Å². The molecule has 9 heteroatoms. The molecule has 1 aromatic rings. The van der Waals surface area contributed by atoms with E-state index in [-0.39, 0.29) is 18.0 Å². The Hall–Kier alpha value is -2.84. The molecule has 0 aliphatic rings. The molecule has 1 rings (SSSR count). The summed E-state index contributed by atoms with van der Waals surface area (Å²) in [4.78, 5) is 29.6. The molecule has 0 saturated heterocycles. The summed E-state index contributed by atoms with van der Waals surface area (Å²) < 4.78 is 0. The maximum atomic E-state index is 11.8. The Morgan fingerprint density at radius 2 is 2.36 bits per heavy atom. The second-order valence-electron chi connectivity index (χ2n) is 4.40. The number of nitro groups is 1. The SMILES string of the molecule is CC/C(=C\C(CNC(=O)c1ccncn1)=N/O)C(C)[N+](=O)[O-]. The third-order valence-electron chi connectivity index (χ3n) is 2.99. The molecule has 1 atom stereocenters. The summed E-state index contributed by atoms with van der Waals surface area (Å²) in [7, 11) is 0. The van der Waals surface area contributed by atoms with Gasteiger partial charge in [0.2, 0.25) is 6.04 Å². The molecule has 2 N–H and O–H groups in total. The van der Waals surface area contributed by atoms with Gasteiger partial charge >= 0.3 is 0 Å². The van der Waals surface area contributed by atoms with Gasteiger partial charge in [0.15, 0.2) is 0 Å². The minimum absolute atomic E-state index is 0.0761. The smallest absolute Gasteiger partial charge is 0.270 e. The van der Waals surface area contributed by atoms with E-state index in [0.29, 0.717) is 12.0 Å². The van der Waals surface area contributed by atoms with Crippen LogP contribution in [0.4, 0.5) is 0 Å². The van der Waals surface area contributed by atoms with Crippen molar-refractivity contribution in [3.8, 4) is 0 Å². The largest absolute Gasteiger partial charge is 0.411 e. The number of oxime groups is 1. The molecule has 118 valence electrons. The average molecular weight is 307 g/mol. The fourth-order valence-corrected chi connectivity index (χ4v) is 1.67. The van der Waals surface area contributed by atoms with Crippen LogP contribution in [0.2, 0.25) is 0 Å². The van der Waals surface area contributed by atoms with Crippen molar-refractivity contribution in [3.63, 3.8) is 0 Å². The number of aromatic nitrogens is 2. The summed E-state index contributed by atoms with van der Waals surface area (Å²) in [5, 5.41) is 25.3. The van der Waals surface area contributed by atoms with Crippen molar-refractivity contribution in [1.29, 1.82) is 0 Å². The quantitative estimate of drug-likeness (QED) is 0.335. The van der Waals surface area contributed by atoms with Crippen LogP contribution in [0, 0.1) is 10.1 Å². The monoisotopic (exact) mass is 307 g/mol. The lowest BCUT2D eigenvalue weighted by Crippen LogP contribution is -2.30. The summed E-state index contributed by atoms with van der Waals surface area (Å²) in [6.07, 6.45) is 4.51. The van der Waals surface area contributed by atoms with Crippen molar-refractivity contribution in [2.24, 2.45) is 5.16 Å². The molecule has 0 aliphatic carbocycles. The Morgan fingerprint density at radius 1 is 1.64 bits per heavy atom. The summed E-state index contributed by atoms with van der Waals surface area (Å²) in [5.74, 6) is -0.461. The van der Waals surface area contributed by atoms with Crippen molar-refractivity contribution < 1.29 is 14.9 Å². The van der Waals surface area contributed by atoms with Crippen LogP contribution in [-0.4, -0.2) is 44.3 Å². The summed E-state index contributed by atoms with van der Waals surface area (Å²) in [6, 6.07) is 0.548. The first kappa shape index (κ1) is 17.2. The van der Waals surface area contributed by atoms with E-state index in [2.05, 4.69) is 20.4 Å². The van der Waals surface area contributed by atoms with Gasteiger partial charge in [-0.15, -0.1) is 0 Å². The van der Waals surface area contributed by atoms with E-state index in [1.807, 2.05) is 0 Å². The molecule has 9 nitrogen and oxygen atoms in total. The Balaban J connectivity index is 2.73. The fraction of sp³-hybridized carbons (Fsp3) is 0.385. The molecule has 0 aliphatic heterocycles. The minimum atomic E-state index is -0.890. The van der Waals surface area contributed by atoms with E-state index in [4.69, 9.17) is 5.21 Å². The molecule has 0 fully saturated rings. The standard InChI is InChI=1S/C13H17N5O4/c1-3-10(9(2)18(21)22)6-11(17-20)7-15-13(19)12-4-5-14-8-16-12/h4-6,8-9,20H,3,7H2,1-2H3,(H,15,19)/b10-6+,17-11+. The van der Waals surface area contributed by atoms with Gasteiger partial charge in [0, 0.05) is 23.6 Å². The van der Waals surface area contributed by atoms with Crippen molar-refractivity contribution in [1.82, 2.24) is 15.3 Å². The molecule has 1 aromatic heterocycles. The van der Waals surface area contributed by atoms with Gasteiger partial charge in [-0.25, -0.2) is 9.97 Å². The summed E-state index contributed by atoms with van der Waals surface area (Å²) >= 11 is 0. The number of nitrogens with zero attached hydrogens (tertiary/aromatic N) is 4. The highest BCUT2D eigenvalue weighted by Gasteiger charge is 2.18. The lowest BCUT2D eigenvalue weighted by Gasteiger charge is -2.08. The highest BCUT2D eigenvalue weighted by Crippen LogP contribution is 2.10. The maximum Gasteiger partial charge on any atom is 0.270 e. The van der Waals surface area contributed by atoms with Crippen LogP contribution in [0.25, 0.3) is 0 Å². The first-order valence-electron chi connectivity index (χ1n) is 6.58. The first-order valence-corrected chi connectivity index (χ1v) is 6.58. The fourth-order valence-electron chi connectivity index (χ4n) is 1.67. The minimum Gasteiger partial charge on any atom is -0.411 e. The lowest BCUT2D eigenvalue weighted by atomic mass is 10.0. The van der Waals surface area contributed by atoms with Gasteiger partial charge in [-0.1, -0.05) is 12.1 Å². The zero-order valence-electron chi connectivity index (χ0n) is 12.3. The predicted molar refractivity (Wildman–Crippen MR) is 78.4 cm³/mol. The molecule has 0 saturated carbocycles. The summed E-state index contributed by atoms with van der Waals surface area (Å²) in [6.45, 7) is 3.14. The molecule has 0 aromatic carbocycles. The number of amides is 1. The Bertz CT molecular complexity index is 585. The van der Waals surface area contributed by atoms with Crippen LogP contribution >= 0.6 is 0 Å². The Kier molecular flexibility index (Phi) is 6.61. The number of hydrogen-bond acceptors (Lipinski definition) is 7. The highest BCUT2D eigenvalue weighted by atomic mass is 16.6. The predicted octanol–water partition coefficient (Wildman–Crippen LogP) is 1.04. The molecule has 0 spiro atoms. The van der Waals surface area contributed by atoms with Crippen LogP contribution in [0.3, 0.4) is 0 Å². The Labute approximate surface area is 126 Å². The van der Waals surface area contributed by atoms with Crippen molar-refractivity contribution in [3.05, 3.63) is 46.0 Å². The molecule has 0 radical (unpaired) electrons. The number of carbonyl (C=O) groups is 1. The zero-order valence-corrected chi connectivity index (χ0v) is 12.3. The molecule has 1 unspecified atom stereocenters. The van der Waals surface area contributed by atoms with E-state index >= 15 is 0 Å². The number of carbonyl (C=O) groups excluding carboxylic acids is 1. The summed E-state index contributed by atoms with van der Waals surface area (Å²) in [5.41, 5.74) is 0.785. The second-order valence-corrected chi connectivity index (χ2v) is 4.40. The topological polar surface area (TPSA) is 131 Å². The van der Waals surface area contributed by atoms with Gasteiger partial charge in [0.1, 0.15) is 12.0 Å². The lowest BCUT2D eigenvalue weighted by molar-refractivity contribution is -0.507. The third-order valence-corrected chi connectivity index (χ3v) is 2.99. The first-order chi connectivity index (χ1) is 10.5. The van der Waals surface area contributed by atoms with Crippen LogP contribution in [-0.2, 0) is 0 Å². The maximum absolute atomic E-state index is 11.8. The van der Waals surface area contributed by atoms with Crippen LogP contribution in [0.5, 0.6) is 0 Å². The van der Waals surface area contributed by atoms with Crippen LogP contribution < -0.4 is 5.32 Å². The normalized spacial score (nSPS) is 13.5. The molecule has 22 heavy (non-hydrogen) atoms. The van der Waals surface area contributed by atoms with Crippen molar-refractivity contribution >= 4 is 11.6 Å². The van der Waals surface area contributed by atoms with E-state index in [9.17, 15) is 14.9 Å². The number of rotatable bonds is 7. The van der Waals surface area contributed by atoms with E-state index in [0.717, 1.165) is 0 Å². The number of hydrogen-bond donors (Lipinski definition) is 2. The molecular weight excluding hydrogens is 290 g/mol. The zero-order chi connectivity index (χ0) is 16.5. The van der Waals surface area contributed by atoms with Crippen molar-refractivity contribution in [2.75, 3.05) is 6.54 Å². The molecular formula is C13H17N5O4. The Morgan fingerprint density at radius 3 is 2.86 bits per heavy atom. The highest BCUT2D eigenvalue weighted by molar-refractivity contribution is 6.01. The van der Waals surface area contributed by atoms with Gasteiger partial charge in [-0.3, -0.25) is 14.9 Å². The average Bonchev–Trinajstić information content (AvgIpc) is 2.55. The van der Waals surface area contributed by atoms with Crippen molar-refractivity contribution in [2.45, 2.75) is 26.3 Å². The van der Waals surface area contributed by atoms with Gasteiger partial charge < -0.3 is 10.5 Å². The molecule has 1 amide bonds. The van der Waals surface area contributed by atoms with Crippen LogP contribution in [0.1, 0.15) is 30.8 Å². The molecule has 1 heterocycles. The van der Waals surface area contributed by atoms with Gasteiger partial charge in [0.05, 0.1) is 12.3 Å². The molecule has 0 bridgehead atoms. The number of nitrogens with one attached hydrogen (secondary N) is 1. The van der Waals surface area contributed by atoms with Gasteiger partial charge in [-0.05, 0) is 18.6 Å².